The minimum Gasteiger partial charge on any atom is -0.385 e. The molecule has 0 amide bonds. The molecule has 1 rings (SSSR count). The molecule has 0 aliphatic rings. The van der Waals surface area contributed by atoms with Gasteiger partial charge in [-0.3, -0.25) is 0 Å². The minimum atomic E-state index is -0.274. The molecular weight excluding hydrogens is 246 g/mol. The summed E-state index contributed by atoms with van der Waals surface area (Å²) in [5.74, 6) is 0. The first-order valence-electron chi connectivity index (χ1n) is 5.83. The van der Waals surface area contributed by atoms with E-state index in [1.807, 2.05) is 26.0 Å². The Labute approximate surface area is 113 Å². The fourth-order valence-electron chi connectivity index (χ4n) is 1.53. The molecule has 0 aliphatic carbocycles. The highest BCUT2D eigenvalue weighted by Crippen LogP contribution is 2.22. The minimum absolute atomic E-state index is 0.274. The van der Waals surface area contributed by atoms with Crippen LogP contribution in [-0.2, 0) is 0 Å². The molecular formula is C14H16ClN3. The van der Waals surface area contributed by atoms with E-state index in [0.717, 1.165) is 25.1 Å². The monoisotopic (exact) mass is 261 g/mol. The summed E-state index contributed by atoms with van der Waals surface area (Å²) in [6, 6.07) is 9.58. The fourth-order valence-corrected chi connectivity index (χ4v) is 1.76. The van der Waals surface area contributed by atoms with E-state index in [-0.39, 0.29) is 5.41 Å². The molecule has 1 aromatic carbocycles. The lowest BCUT2D eigenvalue weighted by Crippen LogP contribution is -2.11. The maximum atomic E-state index is 8.89. The van der Waals surface area contributed by atoms with E-state index in [1.165, 1.54) is 0 Å². The third-order valence-corrected chi connectivity index (χ3v) is 3.01. The van der Waals surface area contributed by atoms with Gasteiger partial charge in [0.2, 0.25) is 0 Å². The van der Waals surface area contributed by atoms with Crippen LogP contribution in [0, 0.1) is 28.1 Å². The second kappa shape index (κ2) is 6.28. The predicted molar refractivity (Wildman–Crippen MR) is 73.3 cm³/mol. The van der Waals surface area contributed by atoms with Crippen LogP contribution in [0.15, 0.2) is 18.2 Å². The summed E-state index contributed by atoms with van der Waals surface area (Å²) >= 11 is 5.93. The van der Waals surface area contributed by atoms with Gasteiger partial charge >= 0.3 is 0 Å². The first-order chi connectivity index (χ1) is 8.48. The molecule has 1 aromatic rings. The van der Waals surface area contributed by atoms with Crippen molar-refractivity contribution in [3.63, 3.8) is 0 Å². The summed E-state index contributed by atoms with van der Waals surface area (Å²) in [4.78, 5) is 0. The lowest BCUT2D eigenvalue weighted by Gasteiger charge is -2.15. The van der Waals surface area contributed by atoms with Crippen LogP contribution in [0.4, 0.5) is 5.69 Å². The van der Waals surface area contributed by atoms with Crippen molar-refractivity contribution in [1.82, 2.24) is 0 Å². The number of hydrogen-bond acceptors (Lipinski definition) is 3. The molecule has 0 aliphatic heterocycles. The summed E-state index contributed by atoms with van der Waals surface area (Å²) in [6.45, 7) is 4.66. The van der Waals surface area contributed by atoms with E-state index >= 15 is 0 Å². The standard InChI is InChI=1S/C14H16ClN3/c1-14(2,10-17)6-3-7-18-12-5-4-11(9-16)13(15)8-12/h4-5,8,18H,3,6-7H2,1-2H3. The summed E-state index contributed by atoms with van der Waals surface area (Å²) in [5.41, 5.74) is 1.10. The molecule has 0 aromatic heterocycles. The van der Waals surface area contributed by atoms with Gasteiger partial charge in [-0.15, -0.1) is 0 Å². The Morgan fingerprint density at radius 3 is 2.61 bits per heavy atom. The van der Waals surface area contributed by atoms with E-state index in [9.17, 15) is 0 Å². The van der Waals surface area contributed by atoms with Crippen LogP contribution in [-0.4, -0.2) is 6.54 Å². The third-order valence-electron chi connectivity index (χ3n) is 2.70. The van der Waals surface area contributed by atoms with Gasteiger partial charge in [0.25, 0.3) is 0 Å². The number of nitrogens with zero attached hydrogens (tertiary/aromatic N) is 2. The predicted octanol–water partition coefficient (Wildman–Crippen LogP) is 3.95. The average molecular weight is 262 g/mol. The molecule has 0 saturated carbocycles. The van der Waals surface area contributed by atoms with Gasteiger partial charge in [0.15, 0.2) is 0 Å². The number of hydrogen-bond donors (Lipinski definition) is 1. The van der Waals surface area contributed by atoms with Crippen molar-refractivity contribution < 1.29 is 0 Å². The Balaban J connectivity index is 2.44. The van der Waals surface area contributed by atoms with Crippen molar-refractivity contribution in [2.24, 2.45) is 5.41 Å². The van der Waals surface area contributed by atoms with Crippen molar-refractivity contribution in [3.8, 4) is 12.1 Å². The van der Waals surface area contributed by atoms with Gasteiger partial charge in [-0.2, -0.15) is 10.5 Å². The van der Waals surface area contributed by atoms with Crippen molar-refractivity contribution in [2.75, 3.05) is 11.9 Å². The molecule has 0 atom stereocenters. The molecule has 94 valence electrons. The van der Waals surface area contributed by atoms with E-state index in [2.05, 4.69) is 11.4 Å². The van der Waals surface area contributed by atoms with Gasteiger partial charge in [-0.1, -0.05) is 11.6 Å². The van der Waals surface area contributed by atoms with Crippen molar-refractivity contribution in [2.45, 2.75) is 26.7 Å². The fraction of sp³-hybridized carbons (Fsp3) is 0.429. The van der Waals surface area contributed by atoms with Gasteiger partial charge in [0, 0.05) is 12.2 Å². The molecule has 0 heterocycles. The summed E-state index contributed by atoms with van der Waals surface area (Å²) in [6.07, 6.45) is 1.76. The van der Waals surface area contributed by atoms with Gasteiger partial charge in [0.05, 0.1) is 22.1 Å². The maximum absolute atomic E-state index is 8.89. The lowest BCUT2D eigenvalue weighted by atomic mass is 9.90. The second-order valence-electron chi connectivity index (χ2n) is 4.83. The van der Waals surface area contributed by atoms with Crippen molar-refractivity contribution in [1.29, 1.82) is 10.5 Å². The normalized spacial score (nSPS) is 10.5. The Kier molecular flexibility index (Phi) is 5.01. The number of anilines is 1. The van der Waals surface area contributed by atoms with Gasteiger partial charge < -0.3 is 5.32 Å². The number of rotatable bonds is 5. The van der Waals surface area contributed by atoms with E-state index in [1.54, 1.807) is 12.1 Å². The smallest absolute Gasteiger partial charge is 0.101 e. The SMILES string of the molecule is CC(C)(C#N)CCCNc1ccc(C#N)c(Cl)c1. The maximum Gasteiger partial charge on any atom is 0.101 e. The molecule has 0 fully saturated rings. The summed E-state index contributed by atoms with van der Waals surface area (Å²) in [7, 11) is 0. The molecule has 18 heavy (non-hydrogen) atoms. The van der Waals surface area contributed by atoms with Crippen molar-refractivity contribution in [3.05, 3.63) is 28.8 Å². The zero-order valence-electron chi connectivity index (χ0n) is 10.6. The molecule has 0 radical (unpaired) electrons. The van der Waals surface area contributed by atoms with Gasteiger partial charge in [0.1, 0.15) is 6.07 Å². The van der Waals surface area contributed by atoms with Crippen molar-refractivity contribution >= 4 is 17.3 Å². The highest BCUT2D eigenvalue weighted by atomic mass is 35.5. The third kappa shape index (κ3) is 4.28. The molecule has 4 heteroatoms. The number of nitriles is 2. The first kappa shape index (κ1) is 14.4. The number of benzene rings is 1. The summed E-state index contributed by atoms with van der Waals surface area (Å²) < 4.78 is 0. The van der Waals surface area contributed by atoms with Gasteiger partial charge in [-0.25, -0.2) is 0 Å². The Morgan fingerprint density at radius 1 is 1.33 bits per heavy atom. The van der Waals surface area contributed by atoms with Crippen LogP contribution in [0.5, 0.6) is 0 Å². The summed E-state index contributed by atoms with van der Waals surface area (Å²) in [5, 5.41) is 21.3. The number of halogens is 1. The van der Waals surface area contributed by atoms with Crippen LogP contribution >= 0.6 is 11.6 Å². The van der Waals surface area contributed by atoms with Crippen LogP contribution < -0.4 is 5.32 Å². The van der Waals surface area contributed by atoms with Gasteiger partial charge in [-0.05, 0) is 44.9 Å². The lowest BCUT2D eigenvalue weighted by molar-refractivity contribution is 0.441. The average Bonchev–Trinajstić information content (AvgIpc) is 2.35. The van der Waals surface area contributed by atoms with Crippen LogP contribution in [0.2, 0.25) is 5.02 Å². The quantitative estimate of drug-likeness (QED) is 0.817. The van der Waals surface area contributed by atoms with E-state index in [0.29, 0.717) is 10.6 Å². The van der Waals surface area contributed by atoms with Crippen LogP contribution in [0.3, 0.4) is 0 Å². The Morgan fingerprint density at radius 2 is 2.06 bits per heavy atom. The molecule has 0 unspecified atom stereocenters. The second-order valence-corrected chi connectivity index (χ2v) is 5.24. The van der Waals surface area contributed by atoms with Crippen LogP contribution in [0.1, 0.15) is 32.3 Å². The molecule has 0 saturated heterocycles. The van der Waals surface area contributed by atoms with Crippen LogP contribution in [0.25, 0.3) is 0 Å². The topological polar surface area (TPSA) is 59.6 Å². The zero-order valence-corrected chi connectivity index (χ0v) is 11.4. The molecule has 0 spiro atoms. The molecule has 0 bridgehead atoms. The highest BCUT2D eigenvalue weighted by molar-refractivity contribution is 6.32. The largest absolute Gasteiger partial charge is 0.385 e. The Hall–Kier alpha value is -1.71. The van der Waals surface area contributed by atoms with E-state index < -0.39 is 0 Å². The molecule has 3 nitrogen and oxygen atoms in total. The number of nitrogens with one attached hydrogen (secondary N) is 1. The van der Waals surface area contributed by atoms with E-state index in [4.69, 9.17) is 22.1 Å². The highest BCUT2D eigenvalue weighted by Gasteiger charge is 2.15. The zero-order chi connectivity index (χ0) is 13.6. The first-order valence-corrected chi connectivity index (χ1v) is 6.21. The Bertz CT molecular complexity index is 495. The molecule has 1 N–H and O–H groups in total.